The first-order valence-corrected chi connectivity index (χ1v) is 18.6. The summed E-state index contributed by atoms with van der Waals surface area (Å²) in [7, 11) is 0. The average Bonchev–Trinajstić information content (AvgIpc) is 3.83. The lowest BCUT2D eigenvalue weighted by atomic mass is 9.96. The molecule has 0 aliphatic carbocycles. The van der Waals surface area contributed by atoms with Gasteiger partial charge in [-0.15, -0.1) is 0 Å². The molecule has 0 fully saturated rings. The van der Waals surface area contributed by atoms with Crippen LogP contribution in [0.5, 0.6) is 0 Å². The van der Waals surface area contributed by atoms with Crippen LogP contribution < -0.4 is 10.2 Å². The Morgan fingerprint density at radius 3 is 2.05 bits per heavy atom. The number of para-hydroxylation sites is 2. The Bertz CT molecular complexity index is 3080. The number of hydrogen-bond donors (Lipinski definition) is 1. The highest BCUT2D eigenvalue weighted by Gasteiger charge is 2.20. The molecule has 0 saturated carbocycles. The zero-order valence-electron chi connectivity index (χ0n) is 29.7. The maximum atomic E-state index is 6.40. The summed E-state index contributed by atoms with van der Waals surface area (Å²) in [6.07, 6.45) is 6.15. The summed E-state index contributed by atoms with van der Waals surface area (Å²) < 4.78 is 12.8. The van der Waals surface area contributed by atoms with Gasteiger partial charge in [-0.1, -0.05) is 127 Å². The number of anilines is 4. The van der Waals surface area contributed by atoms with Crippen molar-refractivity contribution in [2.24, 2.45) is 0 Å². The molecule has 1 aliphatic heterocycles. The van der Waals surface area contributed by atoms with Gasteiger partial charge < -0.3 is 19.1 Å². The maximum absolute atomic E-state index is 6.40. The molecule has 7 aromatic carbocycles. The Kier molecular flexibility index (Phi) is 7.17. The van der Waals surface area contributed by atoms with Crippen LogP contribution in [0.4, 0.5) is 22.9 Å². The number of nitrogens with one attached hydrogen (secondary N) is 1. The molecule has 11 rings (SSSR count). The fraction of sp³-hybridized carbons (Fsp3) is 0.0200. The standard InChI is InChI=1S/C50H33N3O2/c1-2-10-32(11-3-1)45-31-38(30-35-12-4-5-13-39(35)45)53(36-23-19-33(20-24-36)40-15-8-16-42-44-17-9-28-52-50(44)55-48(40)42)37-25-21-34(22-26-37)47-49-43(27-29-51-47)41-14-6-7-18-46(41)54-49/h1-27,29-31,52H,28H2. The Hall–Kier alpha value is -7.37. The van der Waals surface area contributed by atoms with E-state index >= 15 is 0 Å². The zero-order valence-corrected chi connectivity index (χ0v) is 29.7. The van der Waals surface area contributed by atoms with Crippen LogP contribution >= 0.6 is 0 Å². The Morgan fingerprint density at radius 2 is 1.22 bits per heavy atom. The van der Waals surface area contributed by atoms with E-state index in [9.17, 15) is 0 Å². The van der Waals surface area contributed by atoms with Gasteiger partial charge in [0.1, 0.15) is 16.9 Å². The van der Waals surface area contributed by atoms with Gasteiger partial charge in [-0.2, -0.15) is 0 Å². The van der Waals surface area contributed by atoms with Crippen molar-refractivity contribution < 1.29 is 8.83 Å². The Labute approximate surface area is 317 Å². The van der Waals surface area contributed by atoms with E-state index in [2.05, 4.69) is 162 Å². The van der Waals surface area contributed by atoms with Gasteiger partial charge >= 0.3 is 0 Å². The molecule has 10 aromatic rings. The van der Waals surface area contributed by atoms with Crippen molar-refractivity contribution in [1.82, 2.24) is 4.98 Å². The van der Waals surface area contributed by atoms with Crippen molar-refractivity contribution in [3.05, 3.63) is 182 Å². The van der Waals surface area contributed by atoms with Crippen molar-refractivity contribution in [1.29, 1.82) is 0 Å². The number of benzene rings is 7. The number of hydrogen-bond acceptors (Lipinski definition) is 5. The molecule has 5 nitrogen and oxygen atoms in total. The van der Waals surface area contributed by atoms with Crippen LogP contribution in [0.3, 0.4) is 0 Å². The van der Waals surface area contributed by atoms with Crippen molar-refractivity contribution >= 4 is 72.7 Å². The summed E-state index contributed by atoms with van der Waals surface area (Å²) in [5.41, 5.74) is 13.1. The molecule has 260 valence electrons. The fourth-order valence-corrected chi connectivity index (χ4v) is 8.13. The van der Waals surface area contributed by atoms with Crippen molar-refractivity contribution in [2.45, 2.75) is 0 Å². The van der Waals surface area contributed by atoms with E-state index in [-0.39, 0.29) is 0 Å². The first kappa shape index (κ1) is 31.2. The monoisotopic (exact) mass is 707 g/mol. The molecule has 55 heavy (non-hydrogen) atoms. The molecule has 3 aromatic heterocycles. The van der Waals surface area contributed by atoms with Crippen LogP contribution in [0, 0.1) is 0 Å². The van der Waals surface area contributed by atoms with Gasteiger partial charge in [-0.25, -0.2) is 0 Å². The second kappa shape index (κ2) is 12.6. The molecule has 1 aliphatic rings. The smallest absolute Gasteiger partial charge is 0.201 e. The van der Waals surface area contributed by atoms with E-state index < -0.39 is 0 Å². The van der Waals surface area contributed by atoms with E-state index in [1.807, 2.05) is 30.5 Å². The van der Waals surface area contributed by atoms with Crippen molar-refractivity contribution in [3.63, 3.8) is 0 Å². The number of nitrogens with zero attached hydrogens (tertiary/aromatic N) is 2. The lowest BCUT2D eigenvalue weighted by Gasteiger charge is -2.27. The molecule has 0 radical (unpaired) electrons. The quantitative estimate of drug-likeness (QED) is 0.186. The van der Waals surface area contributed by atoms with Crippen LogP contribution in [-0.2, 0) is 0 Å². The average molecular weight is 708 g/mol. The summed E-state index contributed by atoms with van der Waals surface area (Å²) in [5, 5.41) is 9.04. The second-order valence-electron chi connectivity index (χ2n) is 14.0. The van der Waals surface area contributed by atoms with E-state index in [1.54, 1.807) is 0 Å². The second-order valence-corrected chi connectivity index (χ2v) is 14.0. The van der Waals surface area contributed by atoms with Gasteiger partial charge in [-0.05, 0) is 76.0 Å². The lowest BCUT2D eigenvalue weighted by Crippen LogP contribution is -2.10. The number of rotatable bonds is 6. The van der Waals surface area contributed by atoms with E-state index in [1.165, 1.54) is 21.9 Å². The number of furan rings is 2. The predicted molar refractivity (Wildman–Crippen MR) is 227 cm³/mol. The Balaban J connectivity index is 1.06. The largest absolute Gasteiger partial charge is 0.454 e. The van der Waals surface area contributed by atoms with Gasteiger partial charge in [0.05, 0.1) is 0 Å². The van der Waals surface area contributed by atoms with E-state index in [0.717, 1.165) is 90.3 Å². The summed E-state index contributed by atoms with van der Waals surface area (Å²) in [6, 6.07) is 57.9. The molecule has 0 saturated heterocycles. The summed E-state index contributed by atoms with van der Waals surface area (Å²) in [5.74, 6) is 0.827. The minimum atomic E-state index is 0.764. The number of fused-ring (bicyclic) bond motifs is 7. The first-order valence-electron chi connectivity index (χ1n) is 18.6. The van der Waals surface area contributed by atoms with Gasteiger partial charge in [-0.3, -0.25) is 4.98 Å². The van der Waals surface area contributed by atoms with Crippen LogP contribution in [-0.4, -0.2) is 11.5 Å². The first-order chi connectivity index (χ1) is 27.3. The van der Waals surface area contributed by atoms with E-state index in [0.29, 0.717) is 0 Å². The molecule has 0 unspecified atom stereocenters. The number of pyridine rings is 1. The van der Waals surface area contributed by atoms with Crippen molar-refractivity contribution in [2.75, 3.05) is 16.8 Å². The third-order valence-electron chi connectivity index (χ3n) is 10.7. The SMILES string of the molecule is C1=Cc2c(oc3c(-c4ccc(N(c5ccc(-c6nccc7c6oc6ccccc67)cc5)c5cc(-c6ccccc6)c6ccccc6c5)cc4)cccc23)NC1. The van der Waals surface area contributed by atoms with Crippen LogP contribution in [0.15, 0.2) is 185 Å². The van der Waals surface area contributed by atoms with Crippen molar-refractivity contribution in [3.8, 4) is 33.5 Å². The molecule has 4 heterocycles. The highest BCUT2D eigenvalue weighted by atomic mass is 16.4. The highest BCUT2D eigenvalue weighted by Crippen LogP contribution is 2.43. The third-order valence-corrected chi connectivity index (χ3v) is 10.7. The van der Waals surface area contributed by atoms with Crippen LogP contribution in [0.1, 0.15) is 5.56 Å². The fourth-order valence-electron chi connectivity index (χ4n) is 8.13. The van der Waals surface area contributed by atoms with Crippen LogP contribution in [0.25, 0.3) is 83.3 Å². The minimum absolute atomic E-state index is 0.764. The van der Waals surface area contributed by atoms with E-state index in [4.69, 9.17) is 13.8 Å². The molecule has 1 N–H and O–H groups in total. The molecule has 5 heteroatoms. The molecule has 0 amide bonds. The molecular formula is C50H33N3O2. The summed E-state index contributed by atoms with van der Waals surface area (Å²) >= 11 is 0. The summed E-state index contributed by atoms with van der Waals surface area (Å²) in [6.45, 7) is 0.764. The summed E-state index contributed by atoms with van der Waals surface area (Å²) in [4.78, 5) is 7.14. The van der Waals surface area contributed by atoms with Gasteiger partial charge in [0.15, 0.2) is 5.58 Å². The Morgan fingerprint density at radius 1 is 0.509 bits per heavy atom. The van der Waals surface area contributed by atoms with Gasteiger partial charge in [0, 0.05) is 62.7 Å². The molecule has 0 atom stereocenters. The van der Waals surface area contributed by atoms with Gasteiger partial charge in [0.25, 0.3) is 0 Å². The third kappa shape index (κ3) is 5.20. The van der Waals surface area contributed by atoms with Crippen LogP contribution in [0.2, 0.25) is 0 Å². The van der Waals surface area contributed by atoms with Gasteiger partial charge in [0.2, 0.25) is 5.88 Å². The predicted octanol–water partition coefficient (Wildman–Crippen LogP) is 13.8. The zero-order chi connectivity index (χ0) is 36.3. The molecular weight excluding hydrogens is 675 g/mol. The lowest BCUT2D eigenvalue weighted by molar-refractivity contribution is 0.629. The topological polar surface area (TPSA) is 54.4 Å². The highest BCUT2D eigenvalue weighted by molar-refractivity contribution is 6.09. The number of aromatic nitrogens is 1. The maximum Gasteiger partial charge on any atom is 0.201 e. The normalized spacial score (nSPS) is 12.4. The minimum Gasteiger partial charge on any atom is -0.454 e. The molecule has 0 bridgehead atoms. The molecule has 0 spiro atoms.